The molecule has 0 saturated heterocycles. The number of rotatable bonds is 4. The Morgan fingerprint density at radius 1 is 0.404 bits per heavy atom. The molecule has 4 rings (SSSR count). The van der Waals surface area contributed by atoms with Crippen molar-refractivity contribution >= 4 is 23.1 Å². The molecule has 3 aromatic heterocycles. The van der Waals surface area contributed by atoms with Gasteiger partial charge in [-0.05, 0) is 96.7 Å². The van der Waals surface area contributed by atoms with Crippen LogP contribution in [0.15, 0.2) is 42.9 Å². The summed E-state index contributed by atoms with van der Waals surface area (Å²) in [5.41, 5.74) is 10.1. The first-order valence-electron chi connectivity index (χ1n) is 19.7. The Hall–Kier alpha value is -4.72. The lowest BCUT2D eigenvalue weighted by Gasteiger charge is -2.19. The molecular weight excluding hydrogens is 709 g/mol. The summed E-state index contributed by atoms with van der Waals surface area (Å²) in [7, 11) is 0. The third-order valence-corrected chi connectivity index (χ3v) is 9.21. The molecule has 0 aliphatic rings. The molecule has 0 fully saturated rings. The predicted molar refractivity (Wildman–Crippen MR) is 235 cm³/mol. The Kier molecular flexibility index (Phi) is 17.3. The van der Waals surface area contributed by atoms with Crippen molar-refractivity contribution in [1.82, 2.24) is 19.9 Å². The van der Waals surface area contributed by atoms with Crippen molar-refractivity contribution in [3.05, 3.63) is 116 Å². The molecule has 0 unspecified atom stereocenters. The highest BCUT2D eigenvalue weighted by atomic mass is 16.1. The van der Waals surface area contributed by atoms with Gasteiger partial charge in [0, 0.05) is 61.6 Å². The van der Waals surface area contributed by atoms with E-state index in [0.717, 1.165) is 67.4 Å². The number of carbonyl (C=O) groups is 4. The topological polar surface area (TPSA) is 120 Å². The van der Waals surface area contributed by atoms with E-state index in [4.69, 9.17) is 0 Å². The van der Waals surface area contributed by atoms with Crippen LogP contribution in [0.5, 0.6) is 0 Å². The summed E-state index contributed by atoms with van der Waals surface area (Å²) in [6, 6.07) is 9.82. The number of nitrogens with zero attached hydrogens (tertiary/aromatic N) is 4. The molecule has 1 aromatic carbocycles. The minimum absolute atomic E-state index is 0.105. The van der Waals surface area contributed by atoms with Gasteiger partial charge in [0.25, 0.3) is 0 Å². The van der Waals surface area contributed by atoms with E-state index in [9.17, 15) is 19.2 Å². The van der Waals surface area contributed by atoms with Crippen molar-refractivity contribution in [3.63, 3.8) is 0 Å². The van der Waals surface area contributed by atoms with Gasteiger partial charge in [0.1, 0.15) is 6.33 Å². The molecular formula is C49H70N4O4. The van der Waals surface area contributed by atoms with Crippen LogP contribution < -0.4 is 0 Å². The molecule has 8 nitrogen and oxygen atoms in total. The smallest absolute Gasteiger partial charge is 0.171 e. The largest absolute Gasteiger partial charge is 0.294 e. The van der Waals surface area contributed by atoms with Crippen LogP contribution in [0.25, 0.3) is 0 Å². The second-order valence-corrected chi connectivity index (χ2v) is 19.1. The van der Waals surface area contributed by atoms with Gasteiger partial charge in [0.05, 0.1) is 17.0 Å². The zero-order valence-corrected chi connectivity index (χ0v) is 39.0. The molecule has 0 saturated carbocycles. The van der Waals surface area contributed by atoms with Gasteiger partial charge < -0.3 is 0 Å². The maximum Gasteiger partial charge on any atom is 0.171 e. The van der Waals surface area contributed by atoms with Gasteiger partial charge >= 0.3 is 0 Å². The SMILES string of the molecule is Cc1cc(C)c(C(=O)C(C)(C)C)c(C)n1.Cc1cccc(C)c1C(=O)C(C)(C)C.Cc1ccnc(C)c1C(=O)C(C)(C)C.Cc1ncnc(C)c1C(=O)C(C)(C)C. The molecule has 0 aliphatic heterocycles. The number of carbonyl (C=O) groups excluding carboxylic acids is 4. The van der Waals surface area contributed by atoms with Crippen LogP contribution >= 0.6 is 0 Å². The van der Waals surface area contributed by atoms with Crippen LogP contribution in [-0.4, -0.2) is 43.1 Å². The Balaban J connectivity index is 0.000000380. The van der Waals surface area contributed by atoms with Gasteiger partial charge in [0.15, 0.2) is 23.1 Å². The molecule has 0 amide bonds. The van der Waals surface area contributed by atoms with Crippen molar-refractivity contribution in [3.8, 4) is 0 Å². The van der Waals surface area contributed by atoms with E-state index in [0.29, 0.717) is 5.56 Å². The Morgan fingerprint density at radius 3 is 1.11 bits per heavy atom. The highest BCUT2D eigenvalue weighted by Gasteiger charge is 2.29. The van der Waals surface area contributed by atoms with E-state index < -0.39 is 0 Å². The van der Waals surface area contributed by atoms with Gasteiger partial charge in [-0.2, -0.15) is 0 Å². The number of Topliss-reactive ketones (excluding diaryl/α,β-unsaturated/α-hetero) is 4. The van der Waals surface area contributed by atoms with Crippen LogP contribution in [-0.2, 0) is 0 Å². The third-order valence-electron chi connectivity index (χ3n) is 9.21. The minimum atomic E-state index is -0.375. The summed E-state index contributed by atoms with van der Waals surface area (Å²) in [5.74, 6) is 0.673. The highest BCUT2D eigenvalue weighted by molar-refractivity contribution is 6.03. The van der Waals surface area contributed by atoms with Crippen LogP contribution in [0.1, 0.15) is 175 Å². The predicted octanol–water partition coefficient (Wildman–Crippen LogP) is 12.0. The number of hydrogen-bond acceptors (Lipinski definition) is 8. The molecule has 4 aromatic rings. The maximum absolute atomic E-state index is 12.2. The first-order valence-corrected chi connectivity index (χ1v) is 19.7. The summed E-state index contributed by atoms with van der Waals surface area (Å²) in [5, 5.41) is 0. The van der Waals surface area contributed by atoms with Crippen LogP contribution in [0.3, 0.4) is 0 Å². The van der Waals surface area contributed by atoms with Gasteiger partial charge in [-0.3, -0.25) is 29.1 Å². The molecule has 0 N–H and O–H groups in total. The number of benzene rings is 1. The van der Waals surface area contributed by atoms with Gasteiger partial charge in [-0.1, -0.05) is 101 Å². The summed E-state index contributed by atoms with van der Waals surface area (Å²) in [6.07, 6.45) is 3.23. The lowest BCUT2D eigenvalue weighted by Crippen LogP contribution is -2.23. The van der Waals surface area contributed by atoms with Crippen molar-refractivity contribution in [1.29, 1.82) is 0 Å². The second-order valence-electron chi connectivity index (χ2n) is 19.1. The van der Waals surface area contributed by atoms with E-state index in [-0.39, 0.29) is 44.8 Å². The van der Waals surface area contributed by atoms with Crippen LogP contribution in [0, 0.1) is 84.0 Å². The Bertz CT molecular complexity index is 1820. The van der Waals surface area contributed by atoms with Crippen molar-refractivity contribution in [2.45, 2.75) is 145 Å². The molecule has 3 heterocycles. The Morgan fingerprint density at radius 2 is 0.737 bits per heavy atom. The first kappa shape index (κ1) is 50.3. The van der Waals surface area contributed by atoms with Crippen LogP contribution in [0.2, 0.25) is 0 Å². The fourth-order valence-electron chi connectivity index (χ4n) is 6.00. The van der Waals surface area contributed by atoms with E-state index in [1.54, 1.807) is 6.20 Å². The molecule has 310 valence electrons. The summed E-state index contributed by atoms with van der Waals surface area (Å²) in [6.45, 7) is 40.5. The quantitative estimate of drug-likeness (QED) is 0.188. The van der Waals surface area contributed by atoms with E-state index in [1.807, 2.05) is 176 Å². The second kappa shape index (κ2) is 19.6. The number of aromatic nitrogens is 4. The molecule has 8 heteroatoms. The lowest BCUT2D eigenvalue weighted by atomic mass is 9.83. The zero-order chi connectivity index (χ0) is 44.6. The standard InChI is InChI=1S/C13H19NO.C13H18O.C12H17NO.C11H16N2O/c1-8-7-9(2)14-10(3)11(8)12(15)13(4,5)6;1-9-7-6-8-10(2)11(9)12(14)13(3,4)5;1-8-6-7-13-9(2)10(8)11(14)12(3,4)5;1-7-9(8(2)13-6-12-7)10(14)11(3,4)5/h7H,1-6H3;6-8H,1-5H3;6-7H,1-5H3;6H,1-5H3. The molecule has 0 radical (unpaired) electrons. The monoisotopic (exact) mass is 779 g/mol. The van der Waals surface area contributed by atoms with Gasteiger partial charge in [0.2, 0.25) is 0 Å². The van der Waals surface area contributed by atoms with Gasteiger partial charge in [-0.15, -0.1) is 0 Å². The molecule has 0 aliphatic carbocycles. The van der Waals surface area contributed by atoms with Crippen molar-refractivity contribution < 1.29 is 19.2 Å². The third kappa shape index (κ3) is 14.3. The van der Waals surface area contributed by atoms with Gasteiger partial charge in [-0.25, -0.2) is 9.97 Å². The van der Waals surface area contributed by atoms with Crippen molar-refractivity contribution in [2.75, 3.05) is 0 Å². The fourth-order valence-corrected chi connectivity index (χ4v) is 6.00. The zero-order valence-electron chi connectivity index (χ0n) is 39.0. The first-order chi connectivity index (χ1) is 25.7. The van der Waals surface area contributed by atoms with E-state index >= 15 is 0 Å². The number of pyridine rings is 2. The average Bonchev–Trinajstić information content (AvgIpc) is 3.03. The Labute approximate surface area is 344 Å². The number of ketones is 4. The summed E-state index contributed by atoms with van der Waals surface area (Å²) >= 11 is 0. The normalized spacial score (nSPS) is 11.5. The van der Waals surface area contributed by atoms with E-state index in [2.05, 4.69) is 19.9 Å². The highest BCUT2D eigenvalue weighted by Crippen LogP contribution is 2.27. The average molecular weight is 779 g/mol. The minimum Gasteiger partial charge on any atom is -0.294 e. The molecule has 0 atom stereocenters. The molecule has 0 bridgehead atoms. The summed E-state index contributed by atoms with van der Waals surface area (Å²) < 4.78 is 0. The maximum atomic E-state index is 12.2. The van der Waals surface area contributed by atoms with Crippen LogP contribution in [0.4, 0.5) is 0 Å². The van der Waals surface area contributed by atoms with E-state index in [1.165, 1.54) is 6.33 Å². The van der Waals surface area contributed by atoms with Crippen molar-refractivity contribution in [2.24, 2.45) is 21.7 Å². The lowest BCUT2D eigenvalue weighted by molar-refractivity contribution is 0.0850. The summed E-state index contributed by atoms with van der Waals surface area (Å²) in [4.78, 5) is 65.0. The fraction of sp³-hybridized carbons (Fsp3) is 0.510. The number of hydrogen-bond donors (Lipinski definition) is 0. The molecule has 57 heavy (non-hydrogen) atoms. The molecule has 0 spiro atoms. The number of aryl methyl sites for hydroxylation is 9.